The van der Waals surface area contributed by atoms with Gasteiger partial charge in [0.05, 0.1) is 0 Å². The zero-order valence-corrected chi connectivity index (χ0v) is 15.6. The van der Waals surface area contributed by atoms with E-state index in [0.717, 1.165) is 10.3 Å². The van der Waals surface area contributed by atoms with Crippen LogP contribution in [-0.4, -0.2) is 25.5 Å². The van der Waals surface area contributed by atoms with Crippen molar-refractivity contribution in [2.45, 2.75) is 30.2 Å². The van der Waals surface area contributed by atoms with Gasteiger partial charge < -0.3 is 5.11 Å². The van der Waals surface area contributed by atoms with E-state index in [-0.39, 0.29) is 17.7 Å². The van der Waals surface area contributed by atoms with Crippen LogP contribution in [0.1, 0.15) is 18.4 Å². The van der Waals surface area contributed by atoms with Crippen LogP contribution < -0.4 is 4.72 Å². The highest BCUT2D eigenvalue weighted by atomic mass is 32.2. The molecule has 3 aromatic rings. The molecule has 0 saturated carbocycles. The largest absolute Gasteiger partial charge is 0.481 e. The number of carboxylic acids is 1. The first kappa shape index (κ1) is 18.6. The van der Waals surface area contributed by atoms with Gasteiger partial charge in [-0.15, -0.1) is 11.3 Å². The molecular formula is C19H19NO4S2. The lowest BCUT2D eigenvalue weighted by molar-refractivity contribution is -0.137. The van der Waals surface area contributed by atoms with Crippen LogP contribution in [0.2, 0.25) is 0 Å². The Labute approximate surface area is 156 Å². The smallest absolute Gasteiger partial charge is 0.303 e. The van der Waals surface area contributed by atoms with E-state index >= 15 is 0 Å². The lowest BCUT2D eigenvalue weighted by atomic mass is 10.0. The second-order valence-corrected chi connectivity index (χ2v) is 8.63. The molecule has 0 bridgehead atoms. The Hall–Kier alpha value is -2.22. The summed E-state index contributed by atoms with van der Waals surface area (Å²) in [6, 6.07) is 16.3. The lowest BCUT2D eigenvalue weighted by Gasteiger charge is -2.18. The maximum atomic E-state index is 12.9. The molecule has 1 aromatic heterocycles. The fraction of sp³-hybridized carbons (Fsp3) is 0.211. The van der Waals surface area contributed by atoms with E-state index in [1.54, 1.807) is 17.5 Å². The second kappa shape index (κ2) is 7.99. The van der Waals surface area contributed by atoms with Crippen molar-refractivity contribution in [3.63, 3.8) is 0 Å². The third-order valence-electron chi connectivity index (χ3n) is 4.09. The van der Waals surface area contributed by atoms with Crippen LogP contribution in [0.15, 0.2) is 64.9 Å². The van der Waals surface area contributed by atoms with Gasteiger partial charge in [-0.1, -0.05) is 48.5 Å². The van der Waals surface area contributed by atoms with E-state index in [4.69, 9.17) is 5.11 Å². The van der Waals surface area contributed by atoms with Crippen LogP contribution in [-0.2, 0) is 21.2 Å². The first-order chi connectivity index (χ1) is 12.5. The fourth-order valence-electron chi connectivity index (χ4n) is 2.84. The summed E-state index contributed by atoms with van der Waals surface area (Å²) in [6.07, 6.45) is 0.575. The quantitative estimate of drug-likeness (QED) is 0.616. The number of carbonyl (C=O) groups is 1. The summed E-state index contributed by atoms with van der Waals surface area (Å²) < 4.78 is 29.4. The molecule has 5 nitrogen and oxygen atoms in total. The van der Waals surface area contributed by atoms with E-state index < -0.39 is 22.0 Å². The SMILES string of the molecule is O=C(O)CCC(Cc1ccccc1)NS(=O)(=O)c1csc2ccccc12. The highest BCUT2D eigenvalue weighted by Crippen LogP contribution is 2.29. The van der Waals surface area contributed by atoms with Gasteiger partial charge in [-0.2, -0.15) is 0 Å². The molecule has 0 radical (unpaired) electrons. The predicted molar refractivity (Wildman–Crippen MR) is 103 cm³/mol. The molecule has 0 aliphatic rings. The Morgan fingerprint density at radius 2 is 1.77 bits per heavy atom. The predicted octanol–water partition coefficient (Wildman–Crippen LogP) is 3.66. The summed E-state index contributed by atoms with van der Waals surface area (Å²) in [7, 11) is -3.74. The molecule has 2 aromatic carbocycles. The van der Waals surface area contributed by atoms with Crippen molar-refractivity contribution in [1.82, 2.24) is 4.72 Å². The maximum absolute atomic E-state index is 12.9. The standard InChI is InChI=1S/C19H19NO4S2/c21-19(22)11-10-15(12-14-6-2-1-3-7-14)20-26(23,24)18-13-25-17-9-5-4-8-16(17)18/h1-9,13,15,20H,10-12H2,(H,21,22). The molecule has 3 rings (SSSR count). The number of nitrogens with one attached hydrogen (secondary N) is 1. The first-order valence-corrected chi connectivity index (χ1v) is 10.6. The monoisotopic (exact) mass is 389 g/mol. The molecule has 2 N–H and O–H groups in total. The van der Waals surface area contributed by atoms with Crippen molar-refractivity contribution in [3.05, 3.63) is 65.5 Å². The van der Waals surface area contributed by atoms with Gasteiger partial charge >= 0.3 is 5.97 Å². The van der Waals surface area contributed by atoms with E-state index in [1.807, 2.05) is 42.5 Å². The second-order valence-electron chi connectivity index (χ2n) is 6.04. The van der Waals surface area contributed by atoms with E-state index in [9.17, 15) is 13.2 Å². The number of benzene rings is 2. The van der Waals surface area contributed by atoms with E-state index in [1.165, 1.54) is 11.3 Å². The van der Waals surface area contributed by atoms with E-state index in [2.05, 4.69) is 4.72 Å². The van der Waals surface area contributed by atoms with Crippen LogP contribution in [0.25, 0.3) is 10.1 Å². The highest BCUT2D eigenvalue weighted by Gasteiger charge is 2.24. The summed E-state index contributed by atoms with van der Waals surface area (Å²) in [5.41, 5.74) is 0.959. The molecule has 0 saturated heterocycles. The fourth-order valence-corrected chi connectivity index (χ4v) is 5.62. The zero-order chi connectivity index (χ0) is 18.6. The van der Waals surface area contributed by atoms with Crippen LogP contribution in [0, 0.1) is 0 Å². The van der Waals surface area contributed by atoms with Crippen molar-refractivity contribution in [1.29, 1.82) is 0 Å². The highest BCUT2D eigenvalue weighted by molar-refractivity contribution is 7.90. The minimum absolute atomic E-state index is 0.0929. The van der Waals surface area contributed by atoms with Crippen molar-refractivity contribution in [3.8, 4) is 0 Å². The van der Waals surface area contributed by atoms with Crippen molar-refractivity contribution in [2.24, 2.45) is 0 Å². The van der Waals surface area contributed by atoms with Crippen molar-refractivity contribution >= 4 is 37.4 Å². The van der Waals surface area contributed by atoms with Gasteiger partial charge in [0.1, 0.15) is 4.90 Å². The van der Waals surface area contributed by atoms with Gasteiger partial charge in [0.2, 0.25) is 10.0 Å². The number of thiophene rings is 1. The molecule has 7 heteroatoms. The lowest BCUT2D eigenvalue weighted by Crippen LogP contribution is -2.36. The molecule has 1 unspecified atom stereocenters. The van der Waals surface area contributed by atoms with E-state index in [0.29, 0.717) is 11.8 Å². The van der Waals surface area contributed by atoms with Crippen LogP contribution >= 0.6 is 11.3 Å². The van der Waals surface area contributed by atoms with Gasteiger partial charge in [-0.25, -0.2) is 13.1 Å². The van der Waals surface area contributed by atoms with Gasteiger partial charge in [0.25, 0.3) is 0 Å². The van der Waals surface area contributed by atoms with Gasteiger partial charge in [0.15, 0.2) is 0 Å². The molecule has 26 heavy (non-hydrogen) atoms. The molecular weight excluding hydrogens is 370 g/mol. The molecule has 0 aliphatic carbocycles. The summed E-state index contributed by atoms with van der Waals surface area (Å²) in [5, 5.41) is 11.3. The number of carboxylic acid groups (broad SMARTS) is 1. The van der Waals surface area contributed by atoms with Gasteiger partial charge in [-0.05, 0) is 24.5 Å². The molecule has 0 fully saturated rings. The molecule has 1 atom stereocenters. The van der Waals surface area contributed by atoms with Gasteiger partial charge in [-0.3, -0.25) is 4.79 Å². The third-order valence-corrected chi connectivity index (χ3v) is 6.76. The number of fused-ring (bicyclic) bond motifs is 1. The first-order valence-electron chi connectivity index (χ1n) is 8.20. The van der Waals surface area contributed by atoms with Crippen LogP contribution in [0.4, 0.5) is 0 Å². The maximum Gasteiger partial charge on any atom is 0.303 e. The Balaban J connectivity index is 1.85. The summed E-state index contributed by atoms with van der Waals surface area (Å²) >= 11 is 1.38. The molecule has 0 amide bonds. The van der Waals surface area contributed by atoms with Crippen LogP contribution in [0.3, 0.4) is 0 Å². The Bertz CT molecular complexity index is 997. The molecule has 0 spiro atoms. The number of rotatable bonds is 8. The Morgan fingerprint density at radius 1 is 1.08 bits per heavy atom. The Kier molecular flexibility index (Phi) is 5.70. The number of aliphatic carboxylic acids is 1. The third kappa shape index (κ3) is 4.49. The van der Waals surface area contributed by atoms with Crippen molar-refractivity contribution in [2.75, 3.05) is 0 Å². The number of sulfonamides is 1. The molecule has 0 aliphatic heterocycles. The van der Waals surface area contributed by atoms with Crippen molar-refractivity contribution < 1.29 is 18.3 Å². The summed E-state index contributed by atoms with van der Waals surface area (Å²) in [6.45, 7) is 0. The average Bonchev–Trinajstić information content (AvgIpc) is 3.05. The summed E-state index contributed by atoms with van der Waals surface area (Å²) in [4.78, 5) is 11.2. The minimum Gasteiger partial charge on any atom is -0.481 e. The minimum atomic E-state index is -3.74. The summed E-state index contributed by atoms with van der Waals surface area (Å²) in [5.74, 6) is -0.941. The zero-order valence-electron chi connectivity index (χ0n) is 14.0. The topological polar surface area (TPSA) is 83.5 Å². The molecule has 136 valence electrons. The number of hydrogen-bond donors (Lipinski definition) is 2. The van der Waals surface area contributed by atoms with Crippen LogP contribution in [0.5, 0.6) is 0 Å². The normalized spacial score (nSPS) is 12.9. The Morgan fingerprint density at radius 3 is 2.50 bits per heavy atom. The molecule has 1 heterocycles. The average molecular weight is 389 g/mol. The number of hydrogen-bond acceptors (Lipinski definition) is 4. The van der Waals surface area contributed by atoms with Gasteiger partial charge in [0, 0.05) is 27.9 Å².